The van der Waals surface area contributed by atoms with Gasteiger partial charge in [-0.2, -0.15) is 0 Å². The van der Waals surface area contributed by atoms with E-state index in [2.05, 4.69) is 18.7 Å². The third kappa shape index (κ3) is 3.85. The van der Waals surface area contributed by atoms with Crippen LogP contribution in [0.5, 0.6) is 11.5 Å². The molecule has 0 atom stereocenters. The first-order valence-electron chi connectivity index (χ1n) is 7.58. The van der Waals surface area contributed by atoms with E-state index in [0.29, 0.717) is 6.61 Å². The molecule has 118 valence electrons. The van der Waals surface area contributed by atoms with Gasteiger partial charge in [0.15, 0.2) is 0 Å². The maximum absolute atomic E-state index is 6.14. The van der Waals surface area contributed by atoms with Gasteiger partial charge >= 0.3 is 0 Å². The number of rotatable bonds is 7. The van der Waals surface area contributed by atoms with Gasteiger partial charge in [0.1, 0.15) is 18.1 Å². The molecule has 0 aliphatic heterocycles. The highest BCUT2D eigenvalue weighted by molar-refractivity contribution is 5.69. The Morgan fingerprint density at radius 1 is 0.955 bits per heavy atom. The molecule has 2 aromatic carbocycles. The molecule has 0 saturated heterocycles. The predicted molar refractivity (Wildman–Crippen MR) is 91.7 cm³/mol. The second-order valence-electron chi connectivity index (χ2n) is 5.03. The zero-order valence-electron chi connectivity index (χ0n) is 13.5. The summed E-state index contributed by atoms with van der Waals surface area (Å²) in [5.74, 6) is 1.63. The summed E-state index contributed by atoms with van der Waals surface area (Å²) in [5, 5.41) is 0. The summed E-state index contributed by atoms with van der Waals surface area (Å²) in [5.41, 5.74) is 9.04. The lowest BCUT2D eigenvalue weighted by Crippen LogP contribution is -2.22. The van der Waals surface area contributed by atoms with Crippen molar-refractivity contribution in [2.75, 3.05) is 30.8 Å². The second kappa shape index (κ2) is 7.59. The average Bonchev–Trinajstić information content (AvgIpc) is 2.56. The molecular formula is C18H24N2O2. The maximum atomic E-state index is 6.14. The highest BCUT2D eigenvalue weighted by Crippen LogP contribution is 2.28. The van der Waals surface area contributed by atoms with Crippen molar-refractivity contribution in [2.45, 2.75) is 20.5 Å². The molecule has 0 saturated carbocycles. The van der Waals surface area contributed by atoms with Crippen molar-refractivity contribution in [3.05, 3.63) is 48.0 Å². The van der Waals surface area contributed by atoms with Crippen LogP contribution in [0.2, 0.25) is 0 Å². The van der Waals surface area contributed by atoms with E-state index in [1.165, 1.54) is 0 Å². The topological polar surface area (TPSA) is 47.7 Å². The fraction of sp³-hybridized carbons (Fsp3) is 0.333. The lowest BCUT2D eigenvalue weighted by molar-refractivity contribution is 0.306. The van der Waals surface area contributed by atoms with Crippen LogP contribution in [-0.4, -0.2) is 20.2 Å². The van der Waals surface area contributed by atoms with Crippen LogP contribution in [0.25, 0.3) is 0 Å². The third-order valence-electron chi connectivity index (χ3n) is 3.67. The molecule has 0 spiro atoms. The minimum atomic E-state index is 0.508. The van der Waals surface area contributed by atoms with Gasteiger partial charge in [0.25, 0.3) is 0 Å². The Morgan fingerprint density at radius 2 is 1.59 bits per heavy atom. The van der Waals surface area contributed by atoms with Crippen LogP contribution in [-0.2, 0) is 6.61 Å². The van der Waals surface area contributed by atoms with E-state index in [0.717, 1.165) is 41.5 Å². The molecule has 2 rings (SSSR count). The first-order chi connectivity index (χ1) is 10.7. The number of nitrogen functional groups attached to an aromatic ring is 1. The third-order valence-corrected chi connectivity index (χ3v) is 3.67. The van der Waals surface area contributed by atoms with Crippen LogP contribution in [0.3, 0.4) is 0 Å². The first kappa shape index (κ1) is 16.0. The smallest absolute Gasteiger partial charge is 0.122 e. The molecule has 0 aliphatic rings. The number of methoxy groups -OCH3 is 1. The maximum Gasteiger partial charge on any atom is 0.122 e. The molecule has 0 radical (unpaired) electrons. The normalized spacial score (nSPS) is 10.3. The zero-order chi connectivity index (χ0) is 15.9. The van der Waals surface area contributed by atoms with Crippen molar-refractivity contribution in [3.63, 3.8) is 0 Å². The van der Waals surface area contributed by atoms with Crippen LogP contribution in [0.4, 0.5) is 11.4 Å². The van der Waals surface area contributed by atoms with Crippen molar-refractivity contribution in [3.8, 4) is 11.5 Å². The Kier molecular flexibility index (Phi) is 5.53. The summed E-state index contributed by atoms with van der Waals surface area (Å²) in [4.78, 5) is 2.22. The second-order valence-corrected chi connectivity index (χ2v) is 5.03. The van der Waals surface area contributed by atoms with E-state index in [-0.39, 0.29) is 0 Å². The van der Waals surface area contributed by atoms with E-state index in [4.69, 9.17) is 15.2 Å². The largest absolute Gasteiger partial charge is 0.497 e. The van der Waals surface area contributed by atoms with E-state index in [1.54, 1.807) is 7.11 Å². The fourth-order valence-corrected chi connectivity index (χ4v) is 2.36. The van der Waals surface area contributed by atoms with Crippen LogP contribution >= 0.6 is 0 Å². The summed E-state index contributed by atoms with van der Waals surface area (Å²) in [6.07, 6.45) is 0. The molecule has 0 aliphatic carbocycles. The monoisotopic (exact) mass is 300 g/mol. The van der Waals surface area contributed by atoms with Gasteiger partial charge in [-0.15, -0.1) is 0 Å². The Balaban J connectivity index is 2.02. The van der Waals surface area contributed by atoms with Gasteiger partial charge in [0.2, 0.25) is 0 Å². The molecule has 22 heavy (non-hydrogen) atoms. The molecular weight excluding hydrogens is 276 g/mol. The summed E-state index contributed by atoms with van der Waals surface area (Å²) >= 11 is 0. The van der Waals surface area contributed by atoms with Crippen molar-refractivity contribution in [1.29, 1.82) is 0 Å². The van der Waals surface area contributed by atoms with Crippen LogP contribution < -0.4 is 20.1 Å². The standard InChI is InChI=1S/C18H24N2O2/c1-4-20(5-2)18-11-10-16(12-17(18)19)22-13-14-6-8-15(21-3)9-7-14/h6-12H,4-5,13,19H2,1-3H3. The minimum Gasteiger partial charge on any atom is -0.497 e. The van der Waals surface area contributed by atoms with Gasteiger partial charge in [-0.1, -0.05) is 12.1 Å². The van der Waals surface area contributed by atoms with Gasteiger partial charge in [-0.05, 0) is 43.7 Å². The first-order valence-corrected chi connectivity index (χ1v) is 7.58. The number of hydrogen-bond acceptors (Lipinski definition) is 4. The van der Waals surface area contributed by atoms with Gasteiger partial charge in [-0.25, -0.2) is 0 Å². The summed E-state index contributed by atoms with van der Waals surface area (Å²) in [6, 6.07) is 13.7. The molecule has 2 N–H and O–H groups in total. The highest BCUT2D eigenvalue weighted by atomic mass is 16.5. The van der Waals surface area contributed by atoms with Crippen molar-refractivity contribution in [2.24, 2.45) is 0 Å². The van der Waals surface area contributed by atoms with E-state index in [9.17, 15) is 0 Å². The Labute approximate surface area is 132 Å². The van der Waals surface area contributed by atoms with E-state index in [1.807, 2.05) is 42.5 Å². The number of nitrogens with two attached hydrogens (primary N) is 1. The van der Waals surface area contributed by atoms with E-state index >= 15 is 0 Å². The van der Waals surface area contributed by atoms with Gasteiger partial charge in [-0.3, -0.25) is 0 Å². The van der Waals surface area contributed by atoms with Gasteiger partial charge < -0.3 is 20.1 Å². The van der Waals surface area contributed by atoms with Crippen molar-refractivity contribution in [1.82, 2.24) is 0 Å². The Hall–Kier alpha value is -2.36. The van der Waals surface area contributed by atoms with Crippen molar-refractivity contribution >= 4 is 11.4 Å². The zero-order valence-corrected chi connectivity index (χ0v) is 13.5. The lowest BCUT2D eigenvalue weighted by Gasteiger charge is -2.23. The lowest BCUT2D eigenvalue weighted by atomic mass is 10.2. The molecule has 0 bridgehead atoms. The van der Waals surface area contributed by atoms with E-state index < -0.39 is 0 Å². The fourth-order valence-electron chi connectivity index (χ4n) is 2.36. The minimum absolute atomic E-state index is 0.508. The summed E-state index contributed by atoms with van der Waals surface area (Å²) in [7, 11) is 1.66. The number of nitrogens with zero attached hydrogens (tertiary/aromatic N) is 1. The SMILES string of the molecule is CCN(CC)c1ccc(OCc2ccc(OC)cc2)cc1N. The number of benzene rings is 2. The van der Waals surface area contributed by atoms with Gasteiger partial charge in [0, 0.05) is 19.2 Å². The molecule has 0 unspecified atom stereocenters. The average molecular weight is 300 g/mol. The Bertz CT molecular complexity index is 593. The van der Waals surface area contributed by atoms with Crippen molar-refractivity contribution < 1.29 is 9.47 Å². The summed E-state index contributed by atoms with van der Waals surface area (Å²) < 4.78 is 11.0. The number of anilines is 2. The Morgan fingerprint density at radius 3 is 2.14 bits per heavy atom. The van der Waals surface area contributed by atoms with Crippen LogP contribution in [0, 0.1) is 0 Å². The van der Waals surface area contributed by atoms with Crippen LogP contribution in [0.1, 0.15) is 19.4 Å². The molecule has 0 aromatic heterocycles. The highest BCUT2D eigenvalue weighted by Gasteiger charge is 2.07. The van der Waals surface area contributed by atoms with Gasteiger partial charge in [0.05, 0.1) is 18.5 Å². The molecule has 4 heteroatoms. The molecule has 0 fully saturated rings. The quantitative estimate of drug-likeness (QED) is 0.792. The number of ether oxygens (including phenoxy) is 2. The molecule has 4 nitrogen and oxygen atoms in total. The molecule has 0 amide bonds. The summed E-state index contributed by atoms with van der Waals surface area (Å²) in [6.45, 7) is 6.63. The molecule has 2 aromatic rings. The molecule has 0 heterocycles. The predicted octanol–water partition coefficient (Wildman–Crippen LogP) is 3.70. The van der Waals surface area contributed by atoms with Crippen LogP contribution in [0.15, 0.2) is 42.5 Å². The number of hydrogen-bond donors (Lipinski definition) is 1.